The predicted octanol–water partition coefficient (Wildman–Crippen LogP) is 3.63. The van der Waals surface area contributed by atoms with Crippen LogP contribution in [0, 0.1) is 11.3 Å². The third-order valence-corrected chi connectivity index (χ3v) is 8.80. The normalized spacial score (nSPS) is 15.7. The molecular weight excluding hydrogens is 488 g/mol. The standard InChI is InChI=1S/C27H40N6O3S/c1-27(2,3)17-25-30-23-16-22(6-7-24(23)33(25)14-13-31(4)5)37(35,36)15-10-20-8-11-32(12-9-20)26(34)21-18-28-29-19-21/h6-7,16,18-20H,8-15,17H2,1-5H3,(H,28,29). The van der Waals surface area contributed by atoms with Crippen LogP contribution in [0.2, 0.25) is 0 Å². The molecule has 4 rings (SSSR count). The molecule has 0 radical (unpaired) electrons. The van der Waals surface area contributed by atoms with Crippen LogP contribution in [0.5, 0.6) is 0 Å². The van der Waals surface area contributed by atoms with Crippen molar-refractivity contribution in [2.24, 2.45) is 11.3 Å². The summed E-state index contributed by atoms with van der Waals surface area (Å²) in [5.41, 5.74) is 2.36. The van der Waals surface area contributed by atoms with Crippen LogP contribution >= 0.6 is 0 Å². The molecular formula is C27H40N6O3S. The molecule has 1 fully saturated rings. The minimum atomic E-state index is -3.43. The molecule has 1 aliphatic heterocycles. The highest BCUT2D eigenvalue weighted by Gasteiger charge is 2.26. The van der Waals surface area contributed by atoms with Crippen LogP contribution in [0.15, 0.2) is 35.5 Å². The number of aromatic amines is 1. The van der Waals surface area contributed by atoms with E-state index in [1.807, 2.05) is 11.0 Å². The number of benzene rings is 1. The molecule has 0 saturated carbocycles. The minimum Gasteiger partial charge on any atom is -0.339 e. The first kappa shape index (κ1) is 27.3. The number of nitrogens with zero attached hydrogens (tertiary/aromatic N) is 5. The van der Waals surface area contributed by atoms with Crippen molar-refractivity contribution >= 4 is 26.8 Å². The summed E-state index contributed by atoms with van der Waals surface area (Å²) in [7, 11) is 0.669. The van der Waals surface area contributed by atoms with Gasteiger partial charge in [0.15, 0.2) is 9.84 Å². The number of likely N-dealkylation sites (tertiary alicyclic amines) is 1. The number of H-pyrrole nitrogens is 1. The lowest BCUT2D eigenvalue weighted by Gasteiger charge is -2.31. The van der Waals surface area contributed by atoms with Gasteiger partial charge in [-0.15, -0.1) is 0 Å². The first-order valence-electron chi connectivity index (χ1n) is 13.1. The van der Waals surface area contributed by atoms with Crippen LogP contribution < -0.4 is 0 Å². The zero-order valence-electron chi connectivity index (χ0n) is 22.7. The van der Waals surface area contributed by atoms with Crippen molar-refractivity contribution in [1.82, 2.24) is 29.5 Å². The van der Waals surface area contributed by atoms with Gasteiger partial charge in [-0.25, -0.2) is 13.4 Å². The molecule has 2 aromatic heterocycles. The second-order valence-electron chi connectivity index (χ2n) is 11.7. The second kappa shape index (κ2) is 10.9. The van der Waals surface area contributed by atoms with E-state index in [0.717, 1.165) is 49.2 Å². The van der Waals surface area contributed by atoms with Gasteiger partial charge >= 0.3 is 0 Å². The third kappa shape index (κ3) is 6.78. The first-order valence-corrected chi connectivity index (χ1v) is 14.7. The topological polar surface area (TPSA) is 104 Å². The summed E-state index contributed by atoms with van der Waals surface area (Å²) >= 11 is 0. The average molecular weight is 529 g/mol. The summed E-state index contributed by atoms with van der Waals surface area (Å²) in [6.07, 6.45) is 6.18. The Morgan fingerprint density at radius 2 is 1.92 bits per heavy atom. The van der Waals surface area contributed by atoms with Crippen molar-refractivity contribution in [2.45, 2.75) is 57.9 Å². The Balaban J connectivity index is 1.43. The lowest BCUT2D eigenvalue weighted by Crippen LogP contribution is -2.38. The van der Waals surface area contributed by atoms with E-state index in [2.05, 4.69) is 54.5 Å². The molecule has 3 aromatic rings. The lowest BCUT2D eigenvalue weighted by molar-refractivity contribution is 0.0689. The van der Waals surface area contributed by atoms with Crippen LogP contribution in [0.25, 0.3) is 11.0 Å². The van der Waals surface area contributed by atoms with E-state index in [9.17, 15) is 13.2 Å². The fraction of sp³-hybridized carbons (Fsp3) is 0.593. The molecule has 0 atom stereocenters. The van der Waals surface area contributed by atoms with Crippen molar-refractivity contribution in [3.63, 3.8) is 0 Å². The second-order valence-corrected chi connectivity index (χ2v) is 13.8. The summed E-state index contributed by atoms with van der Waals surface area (Å²) in [5, 5.41) is 6.52. The van der Waals surface area contributed by atoms with E-state index < -0.39 is 9.84 Å². The van der Waals surface area contributed by atoms with E-state index in [-0.39, 0.29) is 23.0 Å². The molecule has 202 valence electrons. The number of nitrogens with one attached hydrogen (secondary N) is 1. The van der Waals surface area contributed by atoms with Gasteiger partial charge in [0.2, 0.25) is 0 Å². The maximum atomic E-state index is 13.3. The maximum Gasteiger partial charge on any atom is 0.257 e. The predicted molar refractivity (Wildman–Crippen MR) is 145 cm³/mol. The largest absolute Gasteiger partial charge is 0.339 e. The summed E-state index contributed by atoms with van der Waals surface area (Å²) < 4.78 is 28.8. The molecule has 1 N–H and O–H groups in total. The molecule has 0 aliphatic carbocycles. The van der Waals surface area contributed by atoms with Gasteiger partial charge in [-0.3, -0.25) is 9.89 Å². The van der Waals surface area contributed by atoms with Crippen LogP contribution in [-0.4, -0.2) is 83.4 Å². The van der Waals surface area contributed by atoms with E-state index in [0.29, 0.717) is 30.0 Å². The summed E-state index contributed by atoms with van der Waals surface area (Å²) in [6.45, 7) is 9.55. The van der Waals surface area contributed by atoms with Crippen molar-refractivity contribution in [1.29, 1.82) is 0 Å². The number of aromatic nitrogens is 4. The van der Waals surface area contributed by atoms with Gasteiger partial charge in [-0.05, 0) is 62.9 Å². The highest BCUT2D eigenvalue weighted by molar-refractivity contribution is 7.91. The number of hydrogen-bond donors (Lipinski definition) is 1. The van der Waals surface area contributed by atoms with Crippen LogP contribution in [0.4, 0.5) is 0 Å². The third-order valence-electron chi connectivity index (χ3n) is 7.06. The zero-order chi connectivity index (χ0) is 26.8. The molecule has 10 heteroatoms. The van der Waals surface area contributed by atoms with Crippen LogP contribution in [0.1, 0.15) is 56.2 Å². The molecule has 1 aliphatic rings. The number of fused-ring (bicyclic) bond motifs is 1. The van der Waals surface area contributed by atoms with Crippen LogP contribution in [-0.2, 0) is 22.8 Å². The minimum absolute atomic E-state index is 0.0241. The van der Waals surface area contributed by atoms with Gasteiger partial charge in [-0.1, -0.05) is 20.8 Å². The monoisotopic (exact) mass is 528 g/mol. The molecule has 0 unspecified atom stereocenters. The average Bonchev–Trinajstić information content (AvgIpc) is 3.48. The Morgan fingerprint density at radius 1 is 1.19 bits per heavy atom. The van der Waals surface area contributed by atoms with E-state index in [1.165, 1.54) is 6.20 Å². The molecule has 3 heterocycles. The van der Waals surface area contributed by atoms with Gasteiger partial charge in [0, 0.05) is 38.8 Å². The molecule has 0 bridgehead atoms. The number of piperidine rings is 1. The van der Waals surface area contributed by atoms with Gasteiger partial charge in [0.1, 0.15) is 5.82 Å². The smallest absolute Gasteiger partial charge is 0.257 e. The Hall–Kier alpha value is -2.72. The number of imidazole rings is 1. The number of carbonyl (C=O) groups is 1. The lowest BCUT2D eigenvalue weighted by atomic mass is 9.92. The summed E-state index contributed by atoms with van der Waals surface area (Å²) in [6, 6.07) is 5.39. The zero-order valence-corrected chi connectivity index (χ0v) is 23.5. The van der Waals surface area contributed by atoms with Crippen molar-refractivity contribution in [3.8, 4) is 0 Å². The molecule has 37 heavy (non-hydrogen) atoms. The molecule has 9 nitrogen and oxygen atoms in total. The number of hydrogen-bond acceptors (Lipinski definition) is 6. The van der Waals surface area contributed by atoms with Crippen LogP contribution in [0.3, 0.4) is 0 Å². The fourth-order valence-corrected chi connectivity index (χ4v) is 6.37. The summed E-state index contributed by atoms with van der Waals surface area (Å²) in [4.78, 5) is 21.7. The Morgan fingerprint density at radius 3 is 2.54 bits per heavy atom. The van der Waals surface area contributed by atoms with Gasteiger partial charge < -0.3 is 14.4 Å². The highest BCUT2D eigenvalue weighted by atomic mass is 32.2. The molecule has 1 saturated heterocycles. The van der Waals surface area contributed by atoms with Gasteiger partial charge in [0.25, 0.3) is 5.91 Å². The highest BCUT2D eigenvalue weighted by Crippen LogP contribution is 2.28. The number of carbonyl (C=O) groups excluding carboxylic acids is 1. The van der Waals surface area contributed by atoms with E-state index >= 15 is 0 Å². The van der Waals surface area contributed by atoms with Crippen molar-refractivity contribution in [3.05, 3.63) is 42.0 Å². The van der Waals surface area contributed by atoms with Crippen molar-refractivity contribution < 1.29 is 13.2 Å². The number of sulfone groups is 1. The Kier molecular flexibility index (Phi) is 8.08. The number of rotatable bonds is 9. The Labute approximate surface area is 220 Å². The van der Waals surface area contributed by atoms with Gasteiger partial charge in [-0.2, -0.15) is 5.10 Å². The SMILES string of the molecule is CN(C)CCn1c(CC(C)(C)C)nc2cc(S(=O)(=O)CCC3CCN(C(=O)c4cn[nH]c4)CC3)ccc21. The van der Waals surface area contributed by atoms with E-state index in [1.54, 1.807) is 18.3 Å². The molecule has 0 spiro atoms. The van der Waals surface area contributed by atoms with E-state index in [4.69, 9.17) is 4.98 Å². The maximum absolute atomic E-state index is 13.3. The Bertz CT molecular complexity index is 1310. The number of amides is 1. The van der Waals surface area contributed by atoms with Gasteiger partial charge in [0.05, 0.1) is 33.4 Å². The number of likely N-dealkylation sites (N-methyl/N-ethyl adjacent to an activating group) is 1. The fourth-order valence-electron chi connectivity index (χ4n) is 4.93. The first-order chi connectivity index (χ1) is 17.4. The molecule has 1 amide bonds. The summed E-state index contributed by atoms with van der Waals surface area (Å²) in [5.74, 6) is 1.37. The quantitative estimate of drug-likeness (QED) is 0.455. The molecule has 1 aromatic carbocycles. The van der Waals surface area contributed by atoms with Crippen molar-refractivity contribution in [2.75, 3.05) is 39.5 Å².